The summed E-state index contributed by atoms with van der Waals surface area (Å²) in [6.07, 6.45) is -2.48. The molecule has 1 aliphatic carbocycles. The van der Waals surface area contributed by atoms with Gasteiger partial charge in [-0.25, -0.2) is 0 Å². The molecule has 31 heavy (non-hydrogen) atoms. The summed E-state index contributed by atoms with van der Waals surface area (Å²) in [6.45, 7) is 1.36. The number of benzene rings is 2. The highest BCUT2D eigenvalue weighted by Crippen LogP contribution is 2.33. The lowest BCUT2D eigenvalue weighted by atomic mass is 10.1. The first-order valence-electron chi connectivity index (χ1n) is 9.99. The number of alkyl halides is 3. The molecule has 2 aromatic carbocycles. The molecule has 0 unspecified atom stereocenters. The number of hydrogen-bond donors (Lipinski definition) is 1. The summed E-state index contributed by atoms with van der Waals surface area (Å²) < 4.78 is 38.9. The summed E-state index contributed by atoms with van der Waals surface area (Å²) in [7, 11) is 0. The number of amides is 1. The van der Waals surface area contributed by atoms with Crippen molar-refractivity contribution in [1.29, 1.82) is 0 Å². The highest BCUT2D eigenvalue weighted by molar-refractivity contribution is 5.96. The molecule has 164 valence electrons. The Balaban J connectivity index is 1.43. The van der Waals surface area contributed by atoms with Crippen LogP contribution in [0.3, 0.4) is 0 Å². The highest BCUT2D eigenvalue weighted by atomic mass is 19.4. The van der Waals surface area contributed by atoms with Gasteiger partial charge in [0, 0.05) is 49.5 Å². The lowest BCUT2D eigenvalue weighted by Gasteiger charge is -2.36. The molecule has 4 rings (SSSR count). The van der Waals surface area contributed by atoms with Crippen molar-refractivity contribution in [1.82, 2.24) is 4.90 Å². The molecule has 1 saturated heterocycles. The molecular formula is C21H21F3N4O3. The van der Waals surface area contributed by atoms with Crippen LogP contribution in [0.1, 0.15) is 28.8 Å². The number of carbonyl (C=O) groups excluding carboxylic acids is 1. The molecule has 0 aromatic heterocycles. The van der Waals surface area contributed by atoms with Crippen LogP contribution in [0.4, 0.5) is 30.2 Å². The fraction of sp³-hybridized carbons (Fsp3) is 0.381. The zero-order valence-electron chi connectivity index (χ0n) is 16.6. The van der Waals surface area contributed by atoms with Crippen LogP contribution in [0.15, 0.2) is 42.5 Å². The monoisotopic (exact) mass is 434 g/mol. The topological polar surface area (TPSA) is 78.7 Å². The lowest BCUT2D eigenvalue weighted by molar-refractivity contribution is -0.384. The molecule has 2 aliphatic rings. The molecule has 1 N–H and O–H groups in total. The number of piperazine rings is 1. The van der Waals surface area contributed by atoms with Crippen LogP contribution in [-0.4, -0.2) is 48.0 Å². The largest absolute Gasteiger partial charge is 0.416 e. The quantitative estimate of drug-likeness (QED) is 0.565. The Morgan fingerprint density at radius 1 is 1.06 bits per heavy atom. The fourth-order valence-corrected chi connectivity index (χ4v) is 3.61. The van der Waals surface area contributed by atoms with Crippen LogP contribution in [0, 0.1) is 10.1 Å². The first-order chi connectivity index (χ1) is 14.7. The predicted octanol–water partition coefficient (Wildman–Crippen LogP) is 4.15. The predicted molar refractivity (Wildman–Crippen MR) is 109 cm³/mol. The third-order valence-electron chi connectivity index (χ3n) is 5.48. The van der Waals surface area contributed by atoms with E-state index in [9.17, 15) is 28.1 Å². The van der Waals surface area contributed by atoms with Gasteiger partial charge in [-0.05, 0) is 43.2 Å². The van der Waals surface area contributed by atoms with Gasteiger partial charge in [-0.1, -0.05) is 6.07 Å². The van der Waals surface area contributed by atoms with E-state index in [0.717, 1.165) is 25.0 Å². The Labute approximate surface area is 176 Å². The van der Waals surface area contributed by atoms with Crippen LogP contribution in [0.2, 0.25) is 0 Å². The van der Waals surface area contributed by atoms with Gasteiger partial charge in [0.2, 0.25) is 0 Å². The third-order valence-corrected chi connectivity index (χ3v) is 5.48. The van der Waals surface area contributed by atoms with E-state index in [1.54, 1.807) is 28.0 Å². The molecular weight excluding hydrogens is 413 g/mol. The van der Waals surface area contributed by atoms with Gasteiger partial charge in [0.25, 0.3) is 11.6 Å². The molecule has 1 aliphatic heterocycles. The molecule has 0 spiro atoms. The van der Waals surface area contributed by atoms with Gasteiger partial charge in [-0.2, -0.15) is 13.2 Å². The number of nitrogens with one attached hydrogen (secondary N) is 1. The second kappa shape index (κ2) is 8.09. The molecule has 1 saturated carbocycles. The second-order valence-corrected chi connectivity index (χ2v) is 7.73. The second-order valence-electron chi connectivity index (χ2n) is 7.73. The standard InChI is InChI=1S/C21H21F3N4O3/c22-21(23,24)15-2-1-3-17(13-15)26-8-10-27(11-9-26)20(29)14-4-7-18(25-16-5-6-16)19(12-14)28(30)31/h1-4,7,12-13,16,25H,5-6,8-11H2. The van der Waals surface area contributed by atoms with E-state index in [1.807, 2.05) is 0 Å². The normalized spacial score (nSPS) is 16.9. The number of rotatable bonds is 5. The molecule has 2 fully saturated rings. The van der Waals surface area contributed by atoms with Crippen LogP contribution < -0.4 is 10.2 Å². The van der Waals surface area contributed by atoms with Crippen molar-refractivity contribution in [2.45, 2.75) is 25.1 Å². The summed E-state index contributed by atoms with van der Waals surface area (Å²) in [5.41, 5.74) is 0.225. The van der Waals surface area contributed by atoms with Gasteiger partial charge in [0.15, 0.2) is 0 Å². The minimum absolute atomic E-state index is 0.139. The van der Waals surface area contributed by atoms with Crippen LogP contribution in [0.5, 0.6) is 0 Å². The zero-order valence-corrected chi connectivity index (χ0v) is 16.6. The maximum Gasteiger partial charge on any atom is 0.416 e. The summed E-state index contributed by atoms with van der Waals surface area (Å²) in [5.74, 6) is -0.329. The van der Waals surface area contributed by atoms with Crippen LogP contribution in [0.25, 0.3) is 0 Å². The zero-order chi connectivity index (χ0) is 22.2. The molecule has 7 nitrogen and oxygen atoms in total. The van der Waals surface area contributed by atoms with E-state index in [1.165, 1.54) is 12.1 Å². The number of nitrogens with zero attached hydrogens (tertiary/aromatic N) is 3. The average molecular weight is 434 g/mol. The first-order valence-corrected chi connectivity index (χ1v) is 9.99. The minimum Gasteiger partial charge on any atom is -0.377 e. The summed E-state index contributed by atoms with van der Waals surface area (Å²) in [5, 5.41) is 14.5. The molecule has 0 radical (unpaired) electrons. The molecule has 0 atom stereocenters. The Morgan fingerprint density at radius 3 is 2.39 bits per heavy atom. The summed E-state index contributed by atoms with van der Waals surface area (Å²) in [6, 6.07) is 9.76. The summed E-state index contributed by atoms with van der Waals surface area (Å²) in [4.78, 5) is 27.1. The van der Waals surface area contributed by atoms with Crippen LogP contribution in [-0.2, 0) is 6.18 Å². The van der Waals surface area contributed by atoms with Gasteiger partial charge >= 0.3 is 6.18 Å². The molecule has 2 aromatic rings. The number of nitro benzene ring substituents is 1. The van der Waals surface area contributed by atoms with Crippen molar-refractivity contribution in [2.75, 3.05) is 36.4 Å². The van der Waals surface area contributed by atoms with E-state index >= 15 is 0 Å². The van der Waals surface area contributed by atoms with Gasteiger partial charge < -0.3 is 15.1 Å². The van der Waals surface area contributed by atoms with Gasteiger partial charge in [-0.15, -0.1) is 0 Å². The average Bonchev–Trinajstić information content (AvgIpc) is 3.57. The number of nitro groups is 1. The number of carbonyl (C=O) groups is 1. The van der Waals surface area contributed by atoms with E-state index < -0.39 is 16.7 Å². The van der Waals surface area contributed by atoms with Crippen molar-refractivity contribution in [3.63, 3.8) is 0 Å². The first kappa shape index (κ1) is 21.0. The van der Waals surface area contributed by atoms with Crippen LogP contribution >= 0.6 is 0 Å². The molecule has 0 bridgehead atoms. The van der Waals surface area contributed by atoms with Gasteiger partial charge in [0.05, 0.1) is 10.5 Å². The lowest BCUT2D eigenvalue weighted by Crippen LogP contribution is -2.48. The third kappa shape index (κ3) is 4.73. The van der Waals surface area contributed by atoms with E-state index in [0.29, 0.717) is 37.6 Å². The Kier molecular flexibility index (Phi) is 5.47. The summed E-state index contributed by atoms with van der Waals surface area (Å²) >= 11 is 0. The van der Waals surface area contributed by atoms with E-state index in [-0.39, 0.29) is 23.2 Å². The van der Waals surface area contributed by atoms with Gasteiger partial charge in [-0.3, -0.25) is 14.9 Å². The fourth-order valence-electron chi connectivity index (χ4n) is 3.61. The highest BCUT2D eigenvalue weighted by Gasteiger charge is 2.32. The van der Waals surface area contributed by atoms with Crippen molar-refractivity contribution in [2.24, 2.45) is 0 Å². The minimum atomic E-state index is -4.41. The number of anilines is 2. The number of halogens is 3. The molecule has 1 amide bonds. The molecule has 10 heteroatoms. The smallest absolute Gasteiger partial charge is 0.377 e. The van der Waals surface area contributed by atoms with E-state index in [2.05, 4.69) is 5.32 Å². The number of hydrogen-bond acceptors (Lipinski definition) is 5. The van der Waals surface area contributed by atoms with Crippen molar-refractivity contribution in [3.05, 3.63) is 63.7 Å². The SMILES string of the molecule is O=C(c1ccc(NC2CC2)c([N+](=O)[O-])c1)N1CCN(c2cccc(C(F)(F)F)c2)CC1. The van der Waals surface area contributed by atoms with Gasteiger partial charge in [0.1, 0.15) is 5.69 Å². The van der Waals surface area contributed by atoms with Crippen molar-refractivity contribution < 1.29 is 22.9 Å². The maximum absolute atomic E-state index is 13.0. The Hall–Kier alpha value is -3.30. The van der Waals surface area contributed by atoms with Crippen molar-refractivity contribution in [3.8, 4) is 0 Å². The Morgan fingerprint density at radius 2 is 1.77 bits per heavy atom. The molecule has 1 heterocycles. The Bertz CT molecular complexity index is 1000. The van der Waals surface area contributed by atoms with Crippen molar-refractivity contribution >= 4 is 23.0 Å². The van der Waals surface area contributed by atoms with E-state index in [4.69, 9.17) is 0 Å². The maximum atomic E-state index is 13.0.